The van der Waals surface area contributed by atoms with Gasteiger partial charge in [-0.15, -0.1) is 0 Å². The number of unbranched alkanes of at least 4 members (excludes halogenated alkanes) is 13. The van der Waals surface area contributed by atoms with Gasteiger partial charge in [0.25, 0.3) is 0 Å². The lowest BCUT2D eigenvalue weighted by atomic mass is 10.0. The second kappa shape index (κ2) is 16.3. The normalized spacial score (nSPS) is 10.8. The molecule has 0 aliphatic carbocycles. The van der Waals surface area contributed by atoms with Crippen LogP contribution in [0, 0.1) is 0 Å². The summed E-state index contributed by atoms with van der Waals surface area (Å²) in [5.74, 6) is 0.193. The Morgan fingerprint density at radius 1 is 0.821 bits per heavy atom. The summed E-state index contributed by atoms with van der Waals surface area (Å²) < 4.78 is 10.5. The molecule has 0 saturated heterocycles. The number of esters is 1. The van der Waals surface area contributed by atoms with Gasteiger partial charge >= 0.3 is 5.97 Å². The van der Waals surface area contributed by atoms with E-state index in [9.17, 15) is 4.79 Å². The van der Waals surface area contributed by atoms with Gasteiger partial charge in [-0.3, -0.25) is 0 Å². The minimum atomic E-state index is -0.312. The summed E-state index contributed by atoms with van der Waals surface area (Å²) in [7, 11) is 1.54. The van der Waals surface area contributed by atoms with Crippen LogP contribution < -0.4 is 10.5 Å². The minimum absolute atomic E-state index is 0.312. The quantitative estimate of drug-likeness (QED) is 0.178. The Morgan fingerprint density at radius 3 is 1.82 bits per heavy atom. The van der Waals surface area contributed by atoms with E-state index in [1.54, 1.807) is 18.2 Å². The molecule has 2 N–H and O–H groups in total. The molecule has 28 heavy (non-hydrogen) atoms. The summed E-state index contributed by atoms with van der Waals surface area (Å²) in [6.07, 6.45) is 18.4. The van der Waals surface area contributed by atoms with Crippen molar-refractivity contribution in [2.75, 3.05) is 19.5 Å². The van der Waals surface area contributed by atoms with Crippen molar-refractivity contribution >= 4 is 11.7 Å². The second-order valence-corrected chi connectivity index (χ2v) is 7.69. The van der Waals surface area contributed by atoms with Crippen LogP contribution in [0.3, 0.4) is 0 Å². The number of methoxy groups -OCH3 is 1. The zero-order valence-corrected chi connectivity index (χ0v) is 18.1. The zero-order valence-electron chi connectivity index (χ0n) is 18.1. The van der Waals surface area contributed by atoms with Crippen LogP contribution >= 0.6 is 0 Å². The Kier molecular flexibility index (Phi) is 14.1. The molecule has 0 saturated carbocycles. The van der Waals surface area contributed by atoms with E-state index in [2.05, 4.69) is 6.92 Å². The number of nitrogens with two attached hydrogens (primary N) is 1. The highest BCUT2D eigenvalue weighted by Crippen LogP contribution is 2.22. The van der Waals surface area contributed by atoms with E-state index in [0.29, 0.717) is 23.6 Å². The van der Waals surface area contributed by atoms with E-state index in [1.807, 2.05) is 0 Å². The number of ether oxygens (including phenoxy) is 2. The SMILES string of the molecule is CCCCCCCCCCCCCCCCOC(=O)c1ccc(N)c(OC)c1. The van der Waals surface area contributed by atoms with Crippen molar-refractivity contribution in [1.82, 2.24) is 0 Å². The third-order valence-corrected chi connectivity index (χ3v) is 5.20. The Labute approximate surface area is 172 Å². The summed E-state index contributed by atoms with van der Waals surface area (Å²) in [6.45, 7) is 2.75. The number of hydrogen-bond acceptors (Lipinski definition) is 4. The first-order chi connectivity index (χ1) is 13.7. The summed E-state index contributed by atoms with van der Waals surface area (Å²) >= 11 is 0. The van der Waals surface area contributed by atoms with Crippen LogP contribution in [0.2, 0.25) is 0 Å². The lowest BCUT2D eigenvalue weighted by molar-refractivity contribution is 0.0497. The van der Waals surface area contributed by atoms with Crippen molar-refractivity contribution < 1.29 is 14.3 Å². The molecular formula is C24H41NO3. The lowest BCUT2D eigenvalue weighted by Gasteiger charge is -2.08. The van der Waals surface area contributed by atoms with Gasteiger partial charge in [-0.1, -0.05) is 90.4 Å². The van der Waals surface area contributed by atoms with Crippen molar-refractivity contribution in [3.8, 4) is 5.75 Å². The number of benzene rings is 1. The Morgan fingerprint density at radius 2 is 1.32 bits per heavy atom. The minimum Gasteiger partial charge on any atom is -0.495 e. The highest BCUT2D eigenvalue weighted by atomic mass is 16.5. The first kappa shape index (κ1) is 24.3. The second-order valence-electron chi connectivity index (χ2n) is 7.69. The molecule has 0 radical (unpaired) electrons. The molecule has 0 amide bonds. The number of anilines is 1. The van der Waals surface area contributed by atoms with Crippen LogP contribution in [0.15, 0.2) is 18.2 Å². The largest absolute Gasteiger partial charge is 0.495 e. The molecule has 0 aliphatic rings. The van der Waals surface area contributed by atoms with E-state index >= 15 is 0 Å². The summed E-state index contributed by atoms with van der Waals surface area (Å²) in [5.41, 5.74) is 6.76. The maximum atomic E-state index is 12.0. The molecule has 160 valence electrons. The van der Waals surface area contributed by atoms with Crippen LogP contribution in [0.25, 0.3) is 0 Å². The number of carbonyl (C=O) groups excluding carboxylic acids is 1. The summed E-state index contributed by atoms with van der Waals surface area (Å²) in [4.78, 5) is 12.0. The molecule has 1 rings (SSSR count). The van der Waals surface area contributed by atoms with Gasteiger partial charge in [0.05, 0.1) is 25.0 Å². The first-order valence-corrected chi connectivity index (χ1v) is 11.3. The Hall–Kier alpha value is -1.71. The van der Waals surface area contributed by atoms with Gasteiger partial charge in [0.2, 0.25) is 0 Å². The molecule has 1 aromatic carbocycles. The molecule has 4 nitrogen and oxygen atoms in total. The average molecular weight is 392 g/mol. The van der Waals surface area contributed by atoms with Crippen molar-refractivity contribution in [1.29, 1.82) is 0 Å². The standard InChI is InChI=1S/C24H41NO3/c1-3-4-5-6-7-8-9-10-11-12-13-14-15-16-19-28-24(26)21-17-18-22(25)23(20-21)27-2/h17-18,20H,3-16,19,25H2,1-2H3. The van der Waals surface area contributed by atoms with Crippen LogP contribution in [-0.4, -0.2) is 19.7 Å². The topological polar surface area (TPSA) is 61.5 Å². The van der Waals surface area contributed by atoms with Gasteiger partial charge in [0.1, 0.15) is 5.75 Å². The van der Waals surface area contributed by atoms with Gasteiger partial charge in [-0.2, -0.15) is 0 Å². The van der Waals surface area contributed by atoms with E-state index in [4.69, 9.17) is 15.2 Å². The van der Waals surface area contributed by atoms with E-state index in [-0.39, 0.29) is 5.97 Å². The third kappa shape index (κ3) is 11.2. The zero-order chi connectivity index (χ0) is 20.5. The van der Waals surface area contributed by atoms with Crippen LogP contribution in [-0.2, 0) is 4.74 Å². The van der Waals surface area contributed by atoms with Crippen molar-refractivity contribution in [3.63, 3.8) is 0 Å². The van der Waals surface area contributed by atoms with E-state index in [0.717, 1.165) is 12.8 Å². The molecule has 0 aromatic heterocycles. The summed E-state index contributed by atoms with van der Waals surface area (Å²) in [6, 6.07) is 4.97. The van der Waals surface area contributed by atoms with E-state index in [1.165, 1.54) is 84.2 Å². The fourth-order valence-electron chi connectivity index (χ4n) is 3.38. The monoisotopic (exact) mass is 391 g/mol. The van der Waals surface area contributed by atoms with Gasteiger partial charge in [0, 0.05) is 0 Å². The Bertz CT molecular complexity index is 531. The van der Waals surface area contributed by atoms with Gasteiger partial charge in [-0.05, 0) is 24.6 Å². The average Bonchev–Trinajstić information content (AvgIpc) is 2.71. The van der Waals surface area contributed by atoms with Gasteiger partial charge < -0.3 is 15.2 Å². The molecule has 0 unspecified atom stereocenters. The number of carbonyl (C=O) groups is 1. The molecule has 0 heterocycles. The smallest absolute Gasteiger partial charge is 0.338 e. The highest BCUT2D eigenvalue weighted by Gasteiger charge is 2.10. The maximum absolute atomic E-state index is 12.0. The van der Waals surface area contributed by atoms with Gasteiger partial charge in [-0.25, -0.2) is 4.79 Å². The fraction of sp³-hybridized carbons (Fsp3) is 0.708. The molecule has 0 spiro atoms. The lowest BCUT2D eigenvalue weighted by Crippen LogP contribution is -2.07. The first-order valence-electron chi connectivity index (χ1n) is 11.3. The molecular weight excluding hydrogens is 350 g/mol. The predicted octanol–water partition coefficient (Wildman–Crippen LogP) is 6.92. The van der Waals surface area contributed by atoms with Crippen molar-refractivity contribution in [2.45, 2.75) is 96.8 Å². The maximum Gasteiger partial charge on any atom is 0.338 e. The van der Waals surface area contributed by atoms with Crippen molar-refractivity contribution in [3.05, 3.63) is 23.8 Å². The van der Waals surface area contributed by atoms with Gasteiger partial charge in [0.15, 0.2) is 0 Å². The summed E-state index contributed by atoms with van der Waals surface area (Å²) in [5, 5.41) is 0. The number of rotatable bonds is 17. The predicted molar refractivity (Wildman–Crippen MR) is 118 cm³/mol. The highest BCUT2D eigenvalue weighted by molar-refractivity contribution is 5.90. The molecule has 0 bridgehead atoms. The number of nitrogen functional groups attached to an aromatic ring is 1. The van der Waals surface area contributed by atoms with Crippen LogP contribution in [0.5, 0.6) is 5.75 Å². The molecule has 4 heteroatoms. The molecule has 1 aromatic rings. The fourth-order valence-corrected chi connectivity index (χ4v) is 3.38. The van der Waals surface area contributed by atoms with Crippen molar-refractivity contribution in [2.24, 2.45) is 0 Å². The Balaban J connectivity index is 1.92. The molecule has 0 atom stereocenters. The number of hydrogen-bond donors (Lipinski definition) is 1. The molecule has 0 fully saturated rings. The van der Waals surface area contributed by atoms with Crippen LogP contribution in [0.1, 0.15) is 107 Å². The molecule has 0 aliphatic heterocycles. The van der Waals surface area contributed by atoms with E-state index < -0.39 is 0 Å². The van der Waals surface area contributed by atoms with Crippen LogP contribution in [0.4, 0.5) is 5.69 Å². The third-order valence-electron chi connectivity index (χ3n) is 5.20.